The first-order valence-corrected chi connectivity index (χ1v) is 6.39. The number of ether oxygens (including phenoxy) is 1. The maximum atomic E-state index is 12.1. The molecule has 19 heavy (non-hydrogen) atoms. The molecule has 0 aliphatic rings. The van der Waals surface area contributed by atoms with Gasteiger partial charge in [0.2, 0.25) is 0 Å². The molecule has 0 fully saturated rings. The van der Waals surface area contributed by atoms with Crippen LogP contribution in [0.5, 0.6) is 5.75 Å². The third-order valence-electron chi connectivity index (χ3n) is 3.14. The van der Waals surface area contributed by atoms with Crippen molar-refractivity contribution in [2.45, 2.75) is 27.2 Å². The van der Waals surface area contributed by atoms with E-state index in [9.17, 15) is 4.79 Å². The topological polar surface area (TPSA) is 44.1 Å². The zero-order chi connectivity index (χ0) is 13.8. The molecule has 4 nitrogen and oxygen atoms in total. The summed E-state index contributed by atoms with van der Waals surface area (Å²) in [5, 5.41) is 4.28. The first-order chi connectivity index (χ1) is 9.13. The summed E-state index contributed by atoms with van der Waals surface area (Å²) in [5.41, 5.74) is 2.95. The van der Waals surface area contributed by atoms with E-state index >= 15 is 0 Å². The quantitative estimate of drug-likeness (QED) is 0.847. The summed E-state index contributed by atoms with van der Waals surface area (Å²) in [6.45, 7) is 5.90. The number of para-hydroxylation sites is 1. The molecule has 0 N–H and O–H groups in total. The van der Waals surface area contributed by atoms with Gasteiger partial charge in [-0.05, 0) is 38.0 Å². The van der Waals surface area contributed by atoms with Crippen LogP contribution in [0.3, 0.4) is 0 Å². The van der Waals surface area contributed by atoms with Crippen LogP contribution in [0.1, 0.15) is 28.7 Å². The molecule has 0 aliphatic heterocycles. The average Bonchev–Trinajstić information content (AvgIpc) is 2.72. The van der Waals surface area contributed by atoms with Crippen molar-refractivity contribution < 1.29 is 9.53 Å². The predicted octanol–water partition coefficient (Wildman–Crippen LogP) is 2.78. The molecular formula is C15H18N2O2. The second-order valence-corrected chi connectivity index (χ2v) is 4.41. The van der Waals surface area contributed by atoms with Gasteiger partial charge in [-0.3, -0.25) is 4.79 Å². The Morgan fingerprint density at radius 3 is 2.53 bits per heavy atom. The minimum Gasteiger partial charge on any atom is -0.484 e. The largest absolute Gasteiger partial charge is 0.484 e. The van der Waals surface area contributed by atoms with Gasteiger partial charge < -0.3 is 4.74 Å². The Balaban J connectivity index is 2.08. The fourth-order valence-corrected chi connectivity index (χ4v) is 2.15. The molecule has 0 aliphatic carbocycles. The fourth-order valence-electron chi connectivity index (χ4n) is 2.15. The van der Waals surface area contributed by atoms with E-state index < -0.39 is 0 Å². The van der Waals surface area contributed by atoms with Gasteiger partial charge in [0.05, 0.1) is 5.69 Å². The van der Waals surface area contributed by atoms with Gasteiger partial charge in [0.1, 0.15) is 5.75 Å². The number of aryl methyl sites for hydroxylation is 1. The van der Waals surface area contributed by atoms with E-state index in [4.69, 9.17) is 4.74 Å². The molecule has 0 saturated carbocycles. The maximum Gasteiger partial charge on any atom is 0.284 e. The van der Waals surface area contributed by atoms with Gasteiger partial charge in [-0.2, -0.15) is 5.10 Å². The Morgan fingerprint density at radius 1 is 1.26 bits per heavy atom. The summed E-state index contributed by atoms with van der Waals surface area (Å²) >= 11 is 0. The summed E-state index contributed by atoms with van der Waals surface area (Å²) < 4.78 is 6.89. The number of carbonyl (C=O) groups excluding carboxylic acids is 1. The molecule has 2 aromatic rings. The third kappa shape index (κ3) is 2.84. The maximum absolute atomic E-state index is 12.1. The highest BCUT2D eigenvalue weighted by molar-refractivity contribution is 5.80. The normalized spacial score (nSPS) is 10.5. The van der Waals surface area contributed by atoms with Crippen LogP contribution in [-0.2, 0) is 6.42 Å². The van der Waals surface area contributed by atoms with E-state index in [1.807, 2.05) is 44.2 Å². The number of hydrogen-bond donors (Lipinski definition) is 0. The van der Waals surface area contributed by atoms with Crippen molar-refractivity contribution in [2.24, 2.45) is 0 Å². The molecule has 0 bridgehead atoms. The van der Waals surface area contributed by atoms with Crippen LogP contribution in [0, 0.1) is 13.8 Å². The van der Waals surface area contributed by atoms with Crippen LogP contribution in [-0.4, -0.2) is 22.3 Å². The van der Waals surface area contributed by atoms with Crippen LogP contribution in [0.4, 0.5) is 0 Å². The van der Waals surface area contributed by atoms with E-state index in [2.05, 4.69) is 12.0 Å². The molecule has 0 radical (unpaired) electrons. The molecule has 0 atom stereocenters. The van der Waals surface area contributed by atoms with Crippen molar-refractivity contribution in [2.75, 3.05) is 6.61 Å². The SMILES string of the molecule is CCc1c(C)nn(C(=O)COc2ccccc2)c1C. The second kappa shape index (κ2) is 5.69. The zero-order valence-corrected chi connectivity index (χ0v) is 11.5. The second-order valence-electron chi connectivity index (χ2n) is 4.41. The number of hydrogen-bond acceptors (Lipinski definition) is 3. The molecule has 0 unspecified atom stereocenters. The first kappa shape index (κ1) is 13.3. The lowest BCUT2D eigenvalue weighted by Gasteiger charge is -2.06. The third-order valence-corrected chi connectivity index (χ3v) is 3.14. The van der Waals surface area contributed by atoms with Gasteiger partial charge in [-0.25, -0.2) is 4.68 Å². The summed E-state index contributed by atoms with van der Waals surface area (Å²) in [5.74, 6) is 0.539. The van der Waals surface area contributed by atoms with Crippen LogP contribution in [0.2, 0.25) is 0 Å². The Labute approximate surface area is 113 Å². The molecule has 1 aromatic carbocycles. The molecule has 1 heterocycles. The summed E-state index contributed by atoms with van der Waals surface area (Å²) in [6.07, 6.45) is 0.879. The van der Waals surface area contributed by atoms with Crippen molar-refractivity contribution in [3.05, 3.63) is 47.3 Å². The highest BCUT2D eigenvalue weighted by Crippen LogP contribution is 2.14. The van der Waals surface area contributed by atoms with E-state index in [1.165, 1.54) is 4.68 Å². The van der Waals surface area contributed by atoms with Crippen molar-refractivity contribution in [3.8, 4) is 5.75 Å². The van der Waals surface area contributed by atoms with Crippen molar-refractivity contribution in [3.63, 3.8) is 0 Å². The van der Waals surface area contributed by atoms with Gasteiger partial charge in [0.15, 0.2) is 6.61 Å². The average molecular weight is 258 g/mol. The predicted molar refractivity (Wildman–Crippen MR) is 73.6 cm³/mol. The van der Waals surface area contributed by atoms with Gasteiger partial charge in [0, 0.05) is 5.69 Å². The lowest BCUT2D eigenvalue weighted by molar-refractivity contribution is 0.0818. The molecule has 2 rings (SSSR count). The van der Waals surface area contributed by atoms with Crippen LogP contribution < -0.4 is 4.74 Å². The molecule has 4 heteroatoms. The zero-order valence-electron chi connectivity index (χ0n) is 11.5. The lowest BCUT2D eigenvalue weighted by atomic mass is 10.1. The Bertz CT molecular complexity index is 573. The highest BCUT2D eigenvalue weighted by atomic mass is 16.5. The number of rotatable bonds is 4. The minimum atomic E-state index is -0.149. The highest BCUT2D eigenvalue weighted by Gasteiger charge is 2.15. The molecule has 1 aromatic heterocycles. The van der Waals surface area contributed by atoms with E-state index in [1.54, 1.807) is 0 Å². The standard InChI is InChI=1S/C15H18N2O2/c1-4-14-11(2)16-17(12(14)3)15(18)10-19-13-8-6-5-7-9-13/h5-9H,4,10H2,1-3H3. The van der Waals surface area contributed by atoms with E-state index in [-0.39, 0.29) is 12.5 Å². The molecule has 0 saturated heterocycles. The summed E-state index contributed by atoms with van der Waals surface area (Å²) in [4.78, 5) is 12.1. The summed E-state index contributed by atoms with van der Waals surface area (Å²) in [6, 6.07) is 9.30. The Morgan fingerprint density at radius 2 is 1.95 bits per heavy atom. The number of aromatic nitrogens is 2. The number of carbonyl (C=O) groups is 1. The number of nitrogens with zero attached hydrogens (tertiary/aromatic N) is 2. The minimum absolute atomic E-state index is 0.00483. The summed E-state index contributed by atoms with van der Waals surface area (Å²) in [7, 11) is 0. The molecule has 0 amide bonds. The van der Waals surface area contributed by atoms with Gasteiger partial charge in [-0.15, -0.1) is 0 Å². The smallest absolute Gasteiger partial charge is 0.284 e. The number of benzene rings is 1. The van der Waals surface area contributed by atoms with Gasteiger partial charge >= 0.3 is 0 Å². The van der Waals surface area contributed by atoms with Crippen LogP contribution in [0.25, 0.3) is 0 Å². The van der Waals surface area contributed by atoms with Crippen molar-refractivity contribution >= 4 is 5.91 Å². The van der Waals surface area contributed by atoms with Gasteiger partial charge in [-0.1, -0.05) is 25.1 Å². The van der Waals surface area contributed by atoms with Crippen LogP contribution >= 0.6 is 0 Å². The molecule has 100 valence electrons. The van der Waals surface area contributed by atoms with E-state index in [0.717, 1.165) is 23.4 Å². The lowest BCUT2D eigenvalue weighted by Crippen LogP contribution is -2.21. The van der Waals surface area contributed by atoms with Gasteiger partial charge in [0.25, 0.3) is 5.91 Å². The first-order valence-electron chi connectivity index (χ1n) is 6.39. The fraction of sp³-hybridized carbons (Fsp3) is 0.333. The molecule has 0 spiro atoms. The Hall–Kier alpha value is -2.10. The van der Waals surface area contributed by atoms with Crippen molar-refractivity contribution in [1.82, 2.24) is 9.78 Å². The monoisotopic (exact) mass is 258 g/mol. The van der Waals surface area contributed by atoms with Crippen LogP contribution in [0.15, 0.2) is 30.3 Å². The molecular weight excluding hydrogens is 240 g/mol. The van der Waals surface area contributed by atoms with Crippen molar-refractivity contribution in [1.29, 1.82) is 0 Å². The van der Waals surface area contributed by atoms with E-state index in [0.29, 0.717) is 5.75 Å². The Kier molecular flexibility index (Phi) is 4.00.